The molecule has 0 aromatic carbocycles. The highest BCUT2D eigenvalue weighted by molar-refractivity contribution is 5.96. The van der Waals surface area contributed by atoms with Crippen LogP contribution in [0.3, 0.4) is 0 Å². The van der Waals surface area contributed by atoms with E-state index < -0.39 is 0 Å². The van der Waals surface area contributed by atoms with E-state index in [1.54, 1.807) is 17.0 Å². The van der Waals surface area contributed by atoms with Crippen molar-refractivity contribution in [1.29, 1.82) is 0 Å². The van der Waals surface area contributed by atoms with E-state index in [4.69, 9.17) is 4.42 Å². The summed E-state index contributed by atoms with van der Waals surface area (Å²) in [5.41, 5.74) is 0. The average Bonchev–Trinajstić information content (AvgIpc) is 3.18. The fourth-order valence-electron chi connectivity index (χ4n) is 2.65. The largest absolute Gasteiger partial charge is 0.459 e. The van der Waals surface area contributed by atoms with Crippen LogP contribution < -0.4 is 5.32 Å². The van der Waals surface area contributed by atoms with E-state index in [9.17, 15) is 14.4 Å². The number of hydrogen-bond donors (Lipinski definition) is 1. The summed E-state index contributed by atoms with van der Waals surface area (Å²) in [6, 6.07) is 3.00. The smallest absolute Gasteiger partial charge is 0.324 e. The molecule has 3 heterocycles. The maximum absolute atomic E-state index is 12.1. The van der Waals surface area contributed by atoms with Gasteiger partial charge in [-0.05, 0) is 12.1 Å². The fraction of sp³-hybridized carbons (Fsp3) is 0.500. The summed E-state index contributed by atoms with van der Waals surface area (Å²) in [7, 11) is 0. The number of furan rings is 1. The Hall–Kier alpha value is -2.35. The first kappa shape index (κ1) is 14.6. The summed E-state index contributed by atoms with van der Waals surface area (Å²) >= 11 is 0. The van der Waals surface area contributed by atoms with Gasteiger partial charge in [0.25, 0.3) is 5.91 Å². The Kier molecular flexibility index (Phi) is 4.10. The van der Waals surface area contributed by atoms with Gasteiger partial charge in [0, 0.05) is 39.3 Å². The minimum atomic E-state index is -0.323. The SMILES string of the molecule is O=C(c1ccco1)N1CCN(CC(=O)N2CCNC2=O)CC1. The molecule has 2 fully saturated rings. The quantitative estimate of drug-likeness (QED) is 0.820. The van der Waals surface area contributed by atoms with Gasteiger partial charge in [-0.2, -0.15) is 0 Å². The Morgan fingerprint density at radius 3 is 2.55 bits per heavy atom. The number of hydrogen-bond acceptors (Lipinski definition) is 5. The third-order valence-corrected chi connectivity index (χ3v) is 3.91. The molecule has 0 spiro atoms. The molecule has 3 rings (SSSR count). The molecule has 2 saturated heterocycles. The van der Waals surface area contributed by atoms with Gasteiger partial charge in [-0.15, -0.1) is 0 Å². The van der Waals surface area contributed by atoms with Gasteiger partial charge in [0.1, 0.15) is 0 Å². The van der Waals surface area contributed by atoms with E-state index in [0.717, 1.165) is 0 Å². The maximum Gasteiger partial charge on any atom is 0.324 e. The Bertz CT molecular complexity index is 563. The second-order valence-electron chi connectivity index (χ2n) is 5.32. The van der Waals surface area contributed by atoms with Gasteiger partial charge in [-0.25, -0.2) is 4.79 Å². The van der Waals surface area contributed by atoms with Crippen LogP contribution in [0.25, 0.3) is 0 Å². The van der Waals surface area contributed by atoms with E-state index >= 15 is 0 Å². The highest BCUT2D eigenvalue weighted by Gasteiger charge is 2.29. The molecule has 0 unspecified atom stereocenters. The lowest BCUT2D eigenvalue weighted by atomic mass is 10.2. The zero-order chi connectivity index (χ0) is 15.5. The van der Waals surface area contributed by atoms with Crippen LogP contribution >= 0.6 is 0 Å². The van der Waals surface area contributed by atoms with Gasteiger partial charge in [-0.3, -0.25) is 19.4 Å². The average molecular weight is 306 g/mol. The van der Waals surface area contributed by atoms with Crippen molar-refractivity contribution in [3.05, 3.63) is 24.2 Å². The predicted octanol–water partition coefficient (Wildman–Crippen LogP) is -0.411. The first-order chi connectivity index (χ1) is 10.6. The standard InChI is InChI=1S/C14H18N4O4/c19-12(18-4-3-15-14(18)21)10-16-5-7-17(8-6-16)13(20)11-2-1-9-22-11/h1-2,9H,3-8,10H2,(H,15,21). The molecule has 8 heteroatoms. The molecule has 118 valence electrons. The molecule has 4 amide bonds. The Morgan fingerprint density at radius 2 is 1.95 bits per heavy atom. The highest BCUT2D eigenvalue weighted by Crippen LogP contribution is 2.10. The number of piperazine rings is 1. The molecule has 0 radical (unpaired) electrons. The molecular weight excluding hydrogens is 288 g/mol. The number of carbonyl (C=O) groups is 3. The molecule has 2 aliphatic rings. The van der Waals surface area contributed by atoms with Gasteiger partial charge in [0.05, 0.1) is 12.8 Å². The molecular formula is C14H18N4O4. The Morgan fingerprint density at radius 1 is 1.18 bits per heavy atom. The molecule has 1 aromatic rings. The van der Waals surface area contributed by atoms with Crippen LogP contribution in [0.2, 0.25) is 0 Å². The number of amides is 4. The minimum absolute atomic E-state index is 0.130. The van der Waals surface area contributed by atoms with Crippen LogP contribution in [0.1, 0.15) is 10.6 Å². The number of nitrogens with one attached hydrogen (secondary N) is 1. The molecule has 2 aliphatic heterocycles. The topological polar surface area (TPSA) is 86.1 Å². The van der Waals surface area contributed by atoms with Gasteiger partial charge in [0.15, 0.2) is 5.76 Å². The molecule has 0 atom stereocenters. The predicted molar refractivity (Wildman–Crippen MR) is 76.2 cm³/mol. The second kappa shape index (κ2) is 6.18. The summed E-state index contributed by atoms with van der Waals surface area (Å²) in [6.45, 7) is 3.43. The van der Waals surface area contributed by atoms with Crippen molar-refractivity contribution in [2.45, 2.75) is 0 Å². The van der Waals surface area contributed by atoms with Gasteiger partial charge >= 0.3 is 6.03 Å². The molecule has 0 aliphatic carbocycles. The van der Waals surface area contributed by atoms with Crippen molar-refractivity contribution in [2.75, 3.05) is 45.8 Å². The zero-order valence-electron chi connectivity index (χ0n) is 12.2. The molecule has 0 saturated carbocycles. The highest BCUT2D eigenvalue weighted by atomic mass is 16.3. The van der Waals surface area contributed by atoms with Crippen LogP contribution in [0, 0.1) is 0 Å². The summed E-state index contributed by atoms with van der Waals surface area (Å²) in [4.78, 5) is 40.5. The van der Waals surface area contributed by atoms with E-state index in [2.05, 4.69) is 5.32 Å². The Labute approximate surface area is 127 Å². The number of rotatable bonds is 3. The van der Waals surface area contributed by atoms with Crippen molar-refractivity contribution >= 4 is 17.8 Å². The summed E-state index contributed by atoms with van der Waals surface area (Å²) in [5.74, 6) is 0.00831. The van der Waals surface area contributed by atoms with Crippen LogP contribution in [0.4, 0.5) is 4.79 Å². The third-order valence-electron chi connectivity index (χ3n) is 3.91. The third kappa shape index (κ3) is 2.96. The minimum Gasteiger partial charge on any atom is -0.459 e. The molecule has 1 N–H and O–H groups in total. The van der Waals surface area contributed by atoms with Crippen molar-refractivity contribution in [1.82, 2.24) is 20.0 Å². The zero-order valence-corrected chi connectivity index (χ0v) is 12.2. The normalized spacial score (nSPS) is 19.4. The van der Waals surface area contributed by atoms with Crippen LogP contribution in [0.15, 0.2) is 22.8 Å². The van der Waals surface area contributed by atoms with E-state index in [0.29, 0.717) is 45.0 Å². The van der Waals surface area contributed by atoms with Crippen molar-refractivity contribution in [3.63, 3.8) is 0 Å². The lowest BCUT2D eigenvalue weighted by molar-refractivity contribution is -0.129. The monoisotopic (exact) mass is 306 g/mol. The fourth-order valence-corrected chi connectivity index (χ4v) is 2.65. The first-order valence-corrected chi connectivity index (χ1v) is 7.28. The summed E-state index contributed by atoms with van der Waals surface area (Å²) < 4.78 is 5.11. The Balaban J connectivity index is 1.48. The second-order valence-corrected chi connectivity index (χ2v) is 5.32. The van der Waals surface area contributed by atoms with Crippen molar-refractivity contribution in [3.8, 4) is 0 Å². The molecule has 1 aromatic heterocycles. The van der Waals surface area contributed by atoms with E-state index in [1.807, 2.05) is 4.90 Å². The lowest BCUT2D eigenvalue weighted by Gasteiger charge is -2.34. The molecule has 22 heavy (non-hydrogen) atoms. The number of carbonyl (C=O) groups excluding carboxylic acids is 3. The van der Waals surface area contributed by atoms with Crippen LogP contribution in [-0.2, 0) is 4.79 Å². The number of nitrogens with zero attached hydrogens (tertiary/aromatic N) is 3. The lowest BCUT2D eigenvalue weighted by Crippen LogP contribution is -2.51. The number of imide groups is 1. The maximum atomic E-state index is 12.1. The van der Waals surface area contributed by atoms with Gasteiger partial charge in [0.2, 0.25) is 5.91 Å². The van der Waals surface area contributed by atoms with Gasteiger partial charge in [-0.1, -0.05) is 0 Å². The van der Waals surface area contributed by atoms with E-state index in [1.165, 1.54) is 11.2 Å². The summed E-state index contributed by atoms with van der Waals surface area (Å²) in [5, 5.41) is 2.61. The molecule has 0 bridgehead atoms. The molecule has 8 nitrogen and oxygen atoms in total. The van der Waals surface area contributed by atoms with E-state index in [-0.39, 0.29) is 24.4 Å². The summed E-state index contributed by atoms with van der Waals surface area (Å²) in [6.07, 6.45) is 1.48. The van der Waals surface area contributed by atoms with Crippen LogP contribution in [-0.4, -0.2) is 78.4 Å². The van der Waals surface area contributed by atoms with Crippen LogP contribution in [0.5, 0.6) is 0 Å². The van der Waals surface area contributed by atoms with Crippen molar-refractivity contribution < 1.29 is 18.8 Å². The first-order valence-electron chi connectivity index (χ1n) is 7.28. The number of urea groups is 1. The van der Waals surface area contributed by atoms with Gasteiger partial charge < -0.3 is 14.6 Å². The van der Waals surface area contributed by atoms with Crippen molar-refractivity contribution in [2.24, 2.45) is 0 Å².